The predicted octanol–water partition coefficient (Wildman–Crippen LogP) is 6.06. The molecule has 0 heterocycles. The van der Waals surface area contributed by atoms with Crippen LogP contribution in [0.15, 0.2) is 0 Å². The highest BCUT2D eigenvalue weighted by atomic mass is 16.4. The third-order valence-corrected chi connectivity index (χ3v) is 6.02. The number of quaternary nitrogens is 1. The molecule has 0 radical (unpaired) electrons. The normalized spacial score (nSPS) is 12.8. The monoisotopic (exact) mass is 398 g/mol. The summed E-state index contributed by atoms with van der Waals surface area (Å²) in [5.41, 5.74) is 5.56. The van der Waals surface area contributed by atoms with Crippen LogP contribution in [0.2, 0.25) is 0 Å². The molecule has 0 rings (SSSR count). The Labute approximate surface area is 174 Å². The number of nitrogens with one attached hydrogen (secondary N) is 1. The van der Waals surface area contributed by atoms with Crippen molar-refractivity contribution in [1.82, 2.24) is 0 Å². The van der Waals surface area contributed by atoms with Gasteiger partial charge in [-0.05, 0) is 6.42 Å². The first-order chi connectivity index (χ1) is 13.3. The number of carboxylic acids is 1. The molecule has 0 spiro atoms. The lowest BCUT2D eigenvalue weighted by atomic mass is 10.0. The van der Waals surface area contributed by atoms with Crippen molar-refractivity contribution in [2.75, 3.05) is 14.1 Å². The van der Waals surface area contributed by atoms with Gasteiger partial charge in [0.15, 0.2) is 6.04 Å². The van der Waals surface area contributed by atoms with Gasteiger partial charge in [-0.25, -0.2) is 10.2 Å². The Balaban J connectivity index is 3.50. The third-order valence-electron chi connectivity index (χ3n) is 6.02. The van der Waals surface area contributed by atoms with E-state index in [1.165, 1.54) is 89.9 Å². The van der Waals surface area contributed by atoms with Gasteiger partial charge >= 0.3 is 5.97 Å². The zero-order valence-corrected chi connectivity index (χ0v) is 19.0. The van der Waals surface area contributed by atoms with Crippen molar-refractivity contribution in [2.45, 2.75) is 122 Å². The topological polar surface area (TPSA) is 87.2 Å². The summed E-state index contributed by atoms with van der Waals surface area (Å²) in [6.45, 7) is 2.27. The molecule has 0 aliphatic rings. The maximum absolute atomic E-state index is 11.5. The molecule has 4 N–H and O–H groups in total. The lowest BCUT2D eigenvalue weighted by Gasteiger charge is -2.32. The minimum atomic E-state index is -0.860. The van der Waals surface area contributed by atoms with E-state index >= 15 is 0 Å². The molecule has 0 bridgehead atoms. The Morgan fingerprint density at radius 1 is 0.786 bits per heavy atom. The number of unbranched alkanes of at least 4 members (excludes halogenated alkanes) is 15. The molecule has 1 unspecified atom stereocenters. The summed E-state index contributed by atoms with van der Waals surface area (Å²) in [5.74, 6) is -0.954. The zero-order chi connectivity index (χ0) is 21.3. The summed E-state index contributed by atoms with van der Waals surface area (Å²) in [5, 5.41) is 17.0. The molecule has 0 fully saturated rings. The van der Waals surface area contributed by atoms with Crippen LogP contribution >= 0.6 is 0 Å². The Bertz CT molecular complexity index is 411. The Morgan fingerprint density at radius 3 is 1.39 bits per heavy atom. The number of aliphatic carboxylic acids is 1. The van der Waals surface area contributed by atoms with Crippen LogP contribution in [0.5, 0.6) is 0 Å². The van der Waals surface area contributed by atoms with Crippen LogP contribution in [-0.2, 0) is 4.79 Å². The molecule has 0 aliphatic heterocycles. The molecule has 5 heteroatoms. The number of rotatable bonds is 19. The van der Waals surface area contributed by atoms with E-state index in [4.69, 9.17) is 11.1 Å². The molecule has 0 amide bonds. The summed E-state index contributed by atoms with van der Waals surface area (Å²) in [7, 11) is 3.40. The van der Waals surface area contributed by atoms with Crippen molar-refractivity contribution in [2.24, 2.45) is 5.73 Å². The summed E-state index contributed by atoms with van der Waals surface area (Å²) < 4.78 is -0.0614. The van der Waals surface area contributed by atoms with Crippen molar-refractivity contribution in [3.8, 4) is 0 Å². The Hall–Kier alpha value is -1.10. The van der Waals surface area contributed by atoms with Gasteiger partial charge in [-0.3, -0.25) is 4.48 Å². The Kier molecular flexibility index (Phi) is 16.2. The van der Waals surface area contributed by atoms with E-state index < -0.39 is 12.0 Å². The average molecular weight is 399 g/mol. The molecule has 0 aliphatic carbocycles. The highest BCUT2D eigenvalue weighted by molar-refractivity contribution is 5.76. The lowest BCUT2D eigenvalue weighted by molar-refractivity contribution is -0.820. The maximum Gasteiger partial charge on any atom is 0.363 e. The predicted molar refractivity (Wildman–Crippen MR) is 120 cm³/mol. The molecule has 0 aromatic rings. The minimum absolute atomic E-state index is 0.0614. The van der Waals surface area contributed by atoms with E-state index in [1.54, 1.807) is 14.1 Å². The number of guanidine groups is 1. The van der Waals surface area contributed by atoms with E-state index in [1.807, 2.05) is 0 Å². The molecule has 0 aromatic heterocycles. The second-order valence-corrected chi connectivity index (χ2v) is 8.87. The molecule has 28 heavy (non-hydrogen) atoms. The van der Waals surface area contributed by atoms with E-state index in [0.29, 0.717) is 6.42 Å². The van der Waals surface area contributed by atoms with Gasteiger partial charge in [0.2, 0.25) is 0 Å². The zero-order valence-electron chi connectivity index (χ0n) is 19.0. The van der Waals surface area contributed by atoms with Crippen LogP contribution in [0.4, 0.5) is 0 Å². The number of likely N-dealkylation sites (N-methyl/N-ethyl adjacent to an activating group) is 1. The summed E-state index contributed by atoms with van der Waals surface area (Å²) in [6.07, 6.45) is 21.6. The smallest absolute Gasteiger partial charge is 0.363 e. The molecule has 1 atom stereocenters. The van der Waals surface area contributed by atoms with Crippen molar-refractivity contribution in [3.05, 3.63) is 0 Å². The van der Waals surface area contributed by atoms with E-state index in [9.17, 15) is 9.90 Å². The first-order valence-corrected chi connectivity index (χ1v) is 11.7. The third kappa shape index (κ3) is 13.1. The van der Waals surface area contributed by atoms with Crippen LogP contribution in [-0.4, -0.2) is 41.7 Å². The fourth-order valence-electron chi connectivity index (χ4n) is 3.78. The van der Waals surface area contributed by atoms with Crippen molar-refractivity contribution in [1.29, 1.82) is 5.41 Å². The van der Waals surface area contributed by atoms with Gasteiger partial charge in [0.05, 0.1) is 14.1 Å². The molecule has 0 saturated carbocycles. The fourth-order valence-corrected chi connectivity index (χ4v) is 3.78. The van der Waals surface area contributed by atoms with Crippen LogP contribution in [0, 0.1) is 5.41 Å². The van der Waals surface area contributed by atoms with Crippen molar-refractivity contribution >= 4 is 11.9 Å². The first-order valence-electron chi connectivity index (χ1n) is 11.7. The number of hydrogen-bond acceptors (Lipinski definition) is 2. The number of carboxylic acid groups (broad SMARTS) is 1. The quantitative estimate of drug-likeness (QED) is 0.107. The second kappa shape index (κ2) is 16.8. The summed E-state index contributed by atoms with van der Waals surface area (Å²) in [4.78, 5) is 11.5. The molecule has 5 nitrogen and oxygen atoms in total. The number of carbonyl (C=O) groups is 1. The minimum Gasteiger partial charge on any atom is -0.477 e. The van der Waals surface area contributed by atoms with Gasteiger partial charge in [-0.2, -0.15) is 0 Å². The number of nitrogens with zero attached hydrogens (tertiary/aromatic N) is 1. The Morgan fingerprint density at radius 2 is 1.11 bits per heavy atom. The van der Waals surface area contributed by atoms with Crippen molar-refractivity contribution in [3.63, 3.8) is 0 Å². The largest absolute Gasteiger partial charge is 0.477 e. The number of nitrogens with two attached hydrogens (primary N) is 1. The van der Waals surface area contributed by atoms with Gasteiger partial charge in [0.25, 0.3) is 5.96 Å². The van der Waals surface area contributed by atoms with Crippen LogP contribution in [0.1, 0.15) is 116 Å². The second-order valence-electron chi connectivity index (χ2n) is 8.87. The average Bonchev–Trinajstić information content (AvgIpc) is 2.63. The summed E-state index contributed by atoms with van der Waals surface area (Å²) in [6, 6.07) is -0.621. The van der Waals surface area contributed by atoms with Gasteiger partial charge in [0.1, 0.15) is 0 Å². The van der Waals surface area contributed by atoms with Crippen LogP contribution in [0.25, 0.3) is 0 Å². The van der Waals surface area contributed by atoms with E-state index in [2.05, 4.69) is 6.92 Å². The molecular weight excluding hydrogens is 350 g/mol. The molecule has 166 valence electrons. The highest BCUT2D eigenvalue weighted by Crippen LogP contribution is 2.17. The van der Waals surface area contributed by atoms with Crippen LogP contribution < -0.4 is 5.73 Å². The van der Waals surface area contributed by atoms with Crippen molar-refractivity contribution < 1.29 is 14.4 Å². The van der Waals surface area contributed by atoms with E-state index in [-0.39, 0.29) is 10.4 Å². The maximum atomic E-state index is 11.5. The van der Waals surface area contributed by atoms with Crippen LogP contribution in [0.3, 0.4) is 0 Å². The van der Waals surface area contributed by atoms with Gasteiger partial charge in [0, 0.05) is 6.42 Å². The molecule has 0 saturated heterocycles. The van der Waals surface area contributed by atoms with Gasteiger partial charge in [-0.1, -0.05) is 103 Å². The first kappa shape index (κ1) is 26.9. The van der Waals surface area contributed by atoms with E-state index in [0.717, 1.165) is 12.8 Å². The number of hydrogen-bond donors (Lipinski definition) is 3. The standard InChI is InChI=1S/C23H47N3O2/c1-4-5-6-7-8-9-10-11-12-13-14-15-16-17-18-19-20-21(22(27)28)26(2,3)23(24)25/h21H,4-20H2,1-3H3,(H3-,24,25,27,28)/p+1. The lowest BCUT2D eigenvalue weighted by Crippen LogP contribution is -2.59. The molecule has 0 aromatic carbocycles. The summed E-state index contributed by atoms with van der Waals surface area (Å²) >= 11 is 0. The molecular formula is C23H48N3O2+. The highest BCUT2D eigenvalue weighted by Gasteiger charge is 2.37. The van der Waals surface area contributed by atoms with Gasteiger partial charge in [-0.15, -0.1) is 0 Å². The fraction of sp³-hybridized carbons (Fsp3) is 0.913. The van der Waals surface area contributed by atoms with Gasteiger partial charge < -0.3 is 10.8 Å². The SMILES string of the molecule is CCCCCCCCCCCCCCCCCCC(C(=O)O)[N+](C)(C)C(=N)N.